The number of halogens is 2. The smallest absolute Gasteiger partial charge is 0.131 e. The summed E-state index contributed by atoms with van der Waals surface area (Å²) < 4.78 is 0. The highest BCUT2D eigenvalue weighted by Gasteiger charge is 2.11. The Labute approximate surface area is 123 Å². The molecule has 19 heavy (non-hydrogen) atoms. The second kappa shape index (κ2) is 6.91. The first-order chi connectivity index (χ1) is 8.63. The van der Waals surface area contributed by atoms with Crippen LogP contribution in [0.2, 0.25) is 5.02 Å². The molecule has 1 aromatic heterocycles. The minimum Gasteiger partial charge on any atom is -0.395 e. The van der Waals surface area contributed by atoms with Gasteiger partial charge >= 0.3 is 0 Å². The summed E-state index contributed by atoms with van der Waals surface area (Å²) >= 11 is 6.12. The van der Waals surface area contributed by atoms with Crippen LogP contribution < -0.4 is 11.1 Å². The maximum absolute atomic E-state index is 8.88. The molecular formula is C13H17Cl2N3O. The lowest BCUT2D eigenvalue weighted by Crippen LogP contribution is -2.14. The molecular weight excluding hydrogens is 285 g/mol. The Balaban J connectivity index is 0.00000180. The maximum atomic E-state index is 8.88. The predicted molar refractivity (Wildman–Crippen MR) is 82.2 cm³/mol. The van der Waals surface area contributed by atoms with Gasteiger partial charge in [-0.1, -0.05) is 23.7 Å². The van der Waals surface area contributed by atoms with E-state index in [2.05, 4.69) is 10.3 Å². The molecule has 6 heteroatoms. The Morgan fingerprint density at radius 3 is 2.84 bits per heavy atom. The molecule has 0 aliphatic heterocycles. The number of aliphatic hydroxyl groups is 1. The van der Waals surface area contributed by atoms with Crippen LogP contribution in [0.5, 0.6) is 0 Å². The topological polar surface area (TPSA) is 71.2 Å². The number of pyridine rings is 1. The van der Waals surface area contributed by atoms with Crippen molar-refractivity contribution in [3.05, 3.63) is 34.9 Å². The molecule has 0 bridgehead atoms. The quantitative estimate of drug-likeness (QED) is 0.812. The standard InChI is InChI=1S/C13H16ClN3O.ClH/c1-8(15)10-7-9-3-2-4-11(14)12(9)17-13(10)16-5-6-18;/h2-4,7-8,18H,5-6,15H2,1H3,(H,16,17);1H/t8-;/m0./s1. The van der Waals surface area contributed by atoms with Gasteiger partial charge in [0.05, 0.1) is 17.1 Å². The molecule has 0 spiro atoms. The monoisotopic (exact) mass is 301 g/mol. The number of hydrogen-bond acceptors (Lipinski definition) is 4. The van der Waals surface area contributed by atoms with E-state index < -0.39 is 0 Å². The van der Waals surface area contributed by atoms with Crippen LogP contribution in [0.15, 0.2) is 24.3 Å². The molecule has 1 aromatic carbocycles. The van der Waals surface area contributed by atoms with Crippen LogP contribution in [-0.2, 0) is 0 Å². The molecule has 0 fully saturated rings. The number of hydrogen-bond donors (Lipinski definition) is 3. The van der Waals surface area contributed by atoms with E-state index in [9.17, 15) is 0 Å². The van der Waals surface area contributed by atoms with E-state index in [1.807, 2.05) is 25.1 Å². The summed E-state index contributed by atoms with van der Waals surface area (Å²) in [6.45, 7) is 2.38. The van der Waals surface area contributed by atoms with Crippen molar-refractivity contribution in [2.45, 2.75) is 13.0 Å². The average molecular weight is 302 g/mol. The molecule has 0 saturated heterocycles. The molecule has 0 radical (unpaired) electrons. The number of fused-ring (bicyclic) bond motifs is 1. The molecule has 0 aliphatic rings. The summed E-state index contributed by atoms with van der Waals surface area (Å²) in [5, 5.41) is 13.5. The van der Waals surface area contributed by atoms with Gasteiger partial charge < -0.3 is 16.2 Å². The zero-order valence-electron chi connectivity index (χ0n) is 10.6. The van der Waals surface area contributed by atoms with Gasteiger partial charge in [-0.3, -0.25) is 0 Å². The molecule has 0 amide bonds. The zero-order valence-corrected chi connectivity index (χ0v) is 12.1. The number of nitrogens with two attached hydrogens (primary N) is 1. The lowest BCUT2D eigenvalue weighted by molar-refractivity contribution is 0.311. The van der Waals surface area contributed by atoms with Gasteiger partial charge in [0, 0.05) is 23.5 Å². The van der Waals surface area contributed by atoms with Gasteiger partial charge in [-0.15, -0.1) is 12.4 Å². The third-order valence-electron chi connectivity index (χ3n) is 2.72. The summed E-state index contributed by atoms with van der Waals surface area (Å²) in [4.78, 5) is 4.50. The number of nitrogens with zero attached hydrogens (tertiary/aromatic N) is 1. The first-order valence-electron chi connectivity index (χ1n) is 5.83. The second-order valence-corrected chi connectivity index (χ2v) is 4.58. The SMILES string of the molecule is C[C@H](N)c1cc2cccc(Cl)c2nc1NCCO.Cl. The van der Waals surface area contributed by atoms with Crippen LogP contribution in [0.25, 0.3) is 10.9 Å². The predicted octanol–water partition coefficient (Wildman–Crippen LogP) is 2.73. The molecule has 104 valence electrons. The number of aromatic nitrogens is 1. The molecule has 4 nitrogen and oxygen atoms in total. The Bertz CT molecular complexity index is 561. The van der Waals surface area contributed by atoms with Crippen molar-refractivity contribution in [1.82, 2.24) is 4.98 Å². The highest BCUT2D eigenvalue weighted by molar-refractivity contribution is 6.35. The summed E-state index contributed by atoms with van der Waals surface area (Å²) in [5.74, 6) is 0.680. The number of anilines is 1. The van der Waals surface area contributed by atoms with Crippen LogP contribution in [0.4, 0.5) is 5.82 Å². The van der Waals surface area contributed by atoms with Crippen molar-refractivity contribution in [1.29, 1.82) is 0 Å². The average Bonchev–Trinajstić information content (AvgIpc) is 2.36. The zero-order chi connectivity index (χ0) is 13.1. The van der Waals surface area contributed by atoms with Crippen molar-refractivity contribution < 1.29 is 5.11 Å². The largest absolute Gasteiger partial charge is 0.395 e. The van der Waals surface area contributed by atoms with E-state index in [-0.39, 0.29) is 25.1 Å². The molecule has 1 atom stereocenters. The Morgan fingerprint density at radius 1 is 1.47 bits per heavy atom. The van der Waals surface area contributed by atoms with Gasteiger partial charge in [0.15, 0.2) is 0 Å². The number of rotatable bonds is 4. The summed E-state index contributed by atoms with van der Waals surface area (Å²) in [5.41, 5.74) is 7.59. The van der Waals surface area contributed by atoms with Gasteiger partial charge in [0.1, 0.15) is 5.82 Å². The van der Waals surface area contributed by atoms with Gasteiger partial charge in [0.2, 0.25) is 0 Å². The maximum Gasteiger partial charge on any atom is 0.131 e. The van der Waals surface area contributed by atoms with Gasteiger partial charge in [-0.25, -0.2) is 4.98 Å². The Kier molecular flexibility index (Phi) is 5.82. The number of para-hydroxylation sites is 1. The van der Waals surface area contributed by atoms with Crippen LogP contribution in [0.3, 0.4) is 0 Å². The Hall–Kier alpha value is -1.07. The van der Waals surface area contributed by atoms with Crippen molar-refractivity contribution in [2.24, 2.45) is 5.73 Å². The van der Waals surface area contributed by atoms with Crippen molar-refractivity contribution in [3.8, 4) is 0 Å². The van der Waals surface area contributed by atoms with Gasteiger partial charge in [-0.2, -0.15) is 0 Å². The summed E-state index contributed by atoms with van der Waals surface area (Å²) in [6.07, 6.45) is 0. The number of nitrogens with one attached hydrogen (secondary N) is 1. The van der Waals surface area contributed by atoms with Gasteiger partial charge in [0.25, 0.3) is 0 Å². The molecule has 2 rings (SSSR count). The van der Waals surface area contributed by atoms with Crippen LogP contribution in [0, 0.1) is 0 Å². The van der Waals surface area contributed by atoms with E-state index in [1.54, 1.807) is 6.07 Å². The molecule has 4 N–H and O–H groups in total. The van der Waals surface area contributed by atoms with Gasteiger partial charge in [-0.05, 0) is 19.1 Å². The molecule has 1 heterocycles. The second-order valence-electron chi connectivity index (χ2n) is 4.18. The van der Waals surface area contributed by atoms with E-state index in [0.717, 1.165) is 16.5 Å². The summed E-state index contributed by atoms with van der Waals surface area (Å²) in [7, 11) is 0. The van der Waals surface area contributed by atoms with E-state index in [0.29, 0.717) is 17.4 Å². The lowest BCUT2D eigenvalue weighted by atomic mass is 10.1. The fourth-order valence-electron chi connectivity index (χ4n) is 1.84. The first-order valence-corrected chi connectivity index (χ1v) is 6.20. The molecule has 0 aliphatic carbocycles. The number of aliphatic hydroxyl groups excluding tert-OH is 1. The lowest BCUT2D eigenvalue weighted by Gasteiger charge is -2.15. The molecule has 0 saturated carbocycles. The Morgan fingerprint density at radius 2 is 2.21 bits per heavy atom. The third-order valence-corrected chi connectivity index (χ3v) is 3.03. The normalized spacial score (nSPS) is 12.0. The fourth-order valence-corrected chi connectivity index (χ4v) is 2.07. The highest BCUT2D eigenvalue weighted by atomic mass is 35.5. The van der Waals surface area contributed by atoms with E-state index >= 15 is 0 Å². The third kappa shape index (κ3) is 3.48. The molecule has 0 unspecified atom stereocenters. The van der Waals surface area contributed by atoms with Crippen LogP contribution >= 0.6 is 24.0 Å². The molecule has 2 aromatic rings. The van der Waals surface area contributed by atoms with Crippen molar-refractivity contribution in [2.75, 3.05) is 18.5 Å². The minimum absolute atomic E-state index is 0. The van der Waals surface area contributed by atoms with Crippen LogP contribution in [0.1, 0.15) is 18.5 Å². The number of benzene rings is 1. The van der Waals surface area contributed by atoms with Crippen LogP contribution in [-0.4, -0.2) is 23.2 Å². The van der Waals surface area contributed by atoms with E-state index in [1.165, 1.54) is 0 Å². The minimum atomic E-state index is -0.137. The summed E-state index contributed by atoms with van der Waals surface area (Å²) in [6, 6.07) is 7.49. The van der Waals surface area contributed by atoms with E-state index in [4.69, 9.17) is 22.4 Å². The fraction of sp³-hybridized carbons (Fsp3) is 0.308. The highest BCUT2D eigenvalue weighted by Crippen LogP contribution is 2.28. The van der Waals surface area contributed by atoms with Crippen molar-refractivity contribution >= 4 is 40.7 Å². The first kappa shape index (κ1) is 16.0. The van der Waals surface area contributed by atoms with Crippen molar-refractivity contribution in [3.63, 3.8) is 0 Å².